The van der Waals surface area contributed by atoms with E-state index in [1.54, 1.807) is 24.5 Å². The summed E-state index contributed by atoms with van der Waals surface area (Å²) in [5.74, 6) is -0.0545. The Morgan fingerprint density at radius 1 is 1.21 bits per heavy atom. The highest BCUT2D eigenvalue weighted by molar-refractivity contribution is 5.76. The number of carboxylic acids is 1. The van der Waals surface area contributed by atoms with Gasteiger partial charge >= 0.3 is 5.97 Å². The number of nitrogens with zero attached hydrogens (tertiary/aromatic N) is 3. The molecule has 8 nitrogen and oxygen atoms in total. The number of pyridine rings is 2. The van der Waals surface area contributed by atoms with Crippen molar-refractivity contribution in [3.63, 3.8) is 0 Å². The van der Waals surface area contributed by atoms with E-state index in [-0.39, 0.29) is 0 Å². The van der Waals surface area contributed by atoms with Crippen LogP contribution in [0.15, 0.2) is 48.8 Å². The van der Waals surface area contributed by atoms with Gasteiger partial charge in [0.05, 0.1) is 24.2 Å². The first-order chi connectivity index (χ1) is 13.4. The zero-order valence-electron chi connectivity index (χ0n) is 15.8. The van der Waals surface area contributed by atoms with E-state index in [0.29, 0.717) is 24.7 Å². The summed E-state index contributed by atoms with van der Waals surface area (Å²) >= 11 is 0. The summed E-state index contributed by atoms with van der Waals surface area (Å²) < 4.78 is 11.2. The number of aromatic nitrogens is 4. The number of hydrogen-bond acceptors (Lipinski definition) is 6. The van der Waals surface area contributed by atoms with Gasteiger partial charge in [-0.25, -0.2) is 9.78 Å². The van der Waals surface area contributed by atoms with E-state index in [4.69, 9.17) is 14.6 Å². The number of aryl methyl sites for hydroxylation is 1. The van der Waals surface area contributed by atoms with Crippen LogP contribution in [0.2, 0.25) is 0 Å². The highest BCUT2D eigenvalue weighted by Gasteiger charge is 2.29. The van der Waals surface area contributed by atoms with Crippen LogP contribution in [-0.4, -0.2) is 43.4 Å². The highest BCUT2D eigenvalue weighted by Crippen LogP contribution is 2.18. The van der Waals surface area contributed by atoms with E-state index >= 15 is 0 Å². The standard InChI is InChI=1S/C20H22N4O4/c1-20(2,19(25)26)28-18-7-3-5-14(23-18)6-4-12-27-15-8-9-16(21-13-15)17-10-11-22-24-17/h3,5,7-11,13H,4,6,12H2,1-2H3,(H,22,24)(H,25,26). The second kappa shape index (κ2) is 8.51. The molecule has 2 N–H and O–H groups in total. The number of carbonyl (C=O) groups is 1. The van der Waals surface area contributed by atoms with Gasteiger partial charge < -0.3 is 14.6 Å². The fourth-order valence-corrected chi connectivity index (χ4v) is 2.43. The molecule has 0 aliphatic rings. The molecule has 3 aromatic rings. The number of aromatic amines is 1. The van der Waals surface area contributed by atoms with Gasteiger partial charge in [0.25, 0.3) is 0 Å². The van der Waals surface area contributed by atoms with Crippen molar-refractivity contribution in [2.24, 2.45) is 0 Å². The number of ether oxygens (including phenoxy) is 2. The van der Waals surface area contributed by atoms with E-state index in [1.807, 2.05) is 24.3 Å². The zero-order valence-corrected chi connectivity index (χ0v) is 15.8. The Kier molecular flexibility index (Phi) is 5.88. The predicted octanol–water partition coefficient (Wildman–Crippen LogP) is 3.12. The summed E-state index contributed by atoms with van der Waals surface area (Å²) in [6, 6.07) is 10.9. The maximum absolute atomic E-state index is 11.2. The molecule has 146 valence electrons. The molecule has 3 heterocycles. The fourth-order valence-electron chi connectivity index (χ4n) is 2.43. The van der Waals surface area contributed by atoms with E-state index < -0.39 is 11.6 Å². The number of aliphatic carboxylic acids is 1. The molecule has 0 saturated heterocycles. The fraction of sp³-hybridized carbons (Fsp3) is 0.300. The van der Waals surface area contributed by atoms with E-state index in [1.165, 1.54) is 13.8 Å². The maximum atomic E-state index is 11.2. The van der Waals surface area contributed by atoms with Gasteiger partial charge in [-0.15, -0.1) is 0 Å². The average Bonchev–Trinajstić information content (AvgIpc) is 3.20. The zero-order chi connectivity index (χ0) is 20.0. The Labute approximate surface area is 162 Å². The highest BCUT2D eigenvalue weighted by atomic mass is 16.5. The molecular formula is C20H22N4O4. The third kappa shape index (κ3) is 5.06. The van der Waals surface area contributed by atoms with Crippen molar-refractivity contribution in [3.8, 4) is 23.0 Å². The summed E-state index contributed by atoms with van der Waals surface area (Å²) in [6.07, 6.45) is 4.79. The van der Waals surface area contributed by atoms with Crippen LogP contribution in [0.5, 0.6) is 11.6 Å². The lowest BCUT2D eigenvalue weighted by Gasteiger charge is -2.20. The topological polar surface area (TPSA) is 110 Å². The largest absolute Gasteiger partial charge is 0.492 e. The summed E-state index contributed by atoms with van der Waals surface area (Å²) in [6.45, 7) is 3.49. The molecule has 0 atom stereocenters. The summed E-state index contributed by atoms with van der Waals surface area (Å²) in [5, 5.41) is 15.9. The minimum atomic E-state index is -1.33. The van der Waals surface area contributed by atoms with Crippen molar-refractivity contribution in [3.05, 3.63) is 54.5 Å². The normalized spacial score (nSPS) is 11.2. The molecule has 0 aromatic carbocycles. The average molecular weight is 382 g/mol. The van der Waals surface area contributed by atoms with Crippen LogP contribution in [0.25, 0.3) is 11.4 Å². The lowest BCUT2D eigenvalue weighted by Crippen LogP contribution is -2.38. The van der Waals surface area contributed by atoms with Crippen LogP contribution in [-0.2, 0) is 11.2 Å². The van der Waals surface area contributed by atoms with E-state index in [2.05, 4.69) is 20.2 Å². The van der Waals surface area contributed by atoms with Crippen LogP contribution < -0.4 is 9.47 Å². The second-order valence-electron chi connectivity index (χ2n) is 6.69. The SMILES string of the molecule is CC(C)(Oc1cccc(CCCOc2ccc(-c3ccn[nH]3)nc2)n1)C(=O)O. The van der Waals surface area contributed by atoms with Gasteiger partial charge in [0.1, 0.15) is 5.75 Å². The Hall–Kier alpha value is -3.42. The molecule has 28 heavy (non-hydrogen) atoms. The first-order valence-corrected chi connectivity index (χ1v) is 8.91. The van der Waals surface area contributed by atoms with Crippen molar-refractivity contribution < 1.29 is 19.4 Å². The lowest BCUT2D eigenvalue weighted by molar-refractivity contribution is -0.152. The third-order valence-corrected chi connectivity index (χ3v) is 4.01. The van der Waals surface area contributed by atoms with Crippen LogP contribution in [0.1, 0.15) is 26.0 Å². The first kappa shape index (κ1) is 19.3. The molecule has 8 heteroatoms. The molecule has 3 rings (SSSR count). The molecule has 0 unspecified atom stereocenters. The Morgan fingerprint density at radius 3 is 2.75 bits per heavy atom. The molecule has 0 bridgehead atoms. The molecule has 3 aromatic heterocycles. The maximum Gasteiger partial charge on any atom is 0.347 e. The van der Waals surface area contributed by atoms with Crippen LogP contribution in [0.3, 0.4) is 0 Å². The van der Waals surface area contributed by atoms with Gasteiger partial charge in [-0.1, -0.05) is 6.07 Å². The van der Waals surface area contributed by atoms with Gasteiger partial charge in [0.2, 0.25) is 11.5 Å². The van der Waals surface area contributed by atoms with Crippen molar-refractivity contribution in [1.29, 1.82) is 0 Å². The van der Waals surface area contributed by atoms with Gasteiger partial charge in [0.15, 0.2) is 0 Å². The Balaban J connectivity index is 1.47. The first-order valence-electron chi connectivity index (χ1n) is 8.91. The van der Waals surface area contributed by atoms with Crippen LogP contribution in [0, 0.1) is 0 Å². The molecule has 0 radical (unpaired) electrons. The molecule has 0 amide bonds. The number of carboxylic acid groups (broad SMARTS) is 1. The number of hydrogen-bond donors (Lipinski definition) is 2. The number of rotatable bonds is 9. The van der Waals surface area contributed by atoms with Crippen LogP contribution in [0.4, 0.5) is 0 Å². The predicted molar refractivity (Wildman–Crippen MR) is 102 cm³/mol. The van der Waals surface area contributed by atoms with Gasteiger partial charge in [-0.2, -0.15) is 5.10 Å². The quantitative estimate of drug-likeness (QED) is 0.547. The Bertz CT molecular complexity index is 908. The molecule has 0 aliphatic carbocycles. The number of nitrogens with one attached hydrogen (secondary N) is 1. The second-order valence-corrected chi connectivity index (χ2v) is 6.69. The monoisotopic (exact) mass is 382 g/mol. The summed E-state index contributed by atoms with van der Waals surface area (Å²) in [7, 11) is 0. The summed E-state index contributed by atoms with van der Waals surface area (Å²) in [4.78, 5) is 19.9. The third-order valence-electron chi connectivity index (χ3n) is 4.01. The van der Waals surface area contributed by atoms with E-state index in [0.717, 1.165) is 23.5 Å². The van der Waals surface area contributed by atoms with Crippen molar-refractivity contribution in [2.75, 3.05) is 6.61 Å². The van der Waals surface area contributed by atoms with Crippen molar-refractivity contribution >= 4 is 5.97 Å². The van der Waals surface area contributed by atoms with Crippen molar-refractivity contribution in [1.82, 2.24) is 20.2 Å². The molecule has 0 spiro atoms. The minimum Gasteiger partial charge on any atom is -0.492 e. The van der Waals surface area contributed by atoms with Crippen molar-refractivity contribution in [2.45, 2.75) is 32.3 Å². The molecular weight excluding hydrogens is 360 g/mol. The Morgan fingerprint density at radius 2 is 2.07 bits per heavy atom. The number of H-pyrrole nitrogens is 1. The minimum absolute atomic E-state index is 0.296. The molecule has 0 saturated carbocycles. The lowest BCUT2D eigenvalue weighted by atomic mass is 10.1. The van der Waals surface area contributed by atoms with Gasteiger partial charge in [-0.05, 0) is 51.0 Å². The van der Waals surface area contributed by atoms with Gasteiger partial charge in [-0.3, -0.25) is 10.1 Å². The van der Waals surface area contributed by atoms with Crippen LogP contribution >= 0.6 is 0 Å². The smallest absolute Gasteiger partial charge is 0.347 e. The van der Waals surface area contributed by atoms with E-state index in [9.17, 15) is 4.79 Å². The summed E-state index contributed by atoms with van der Waals surface area (Å²) in [5.41, 5.74) is 1.14. The molecule has 0 fully saturated rings. The molecule has 0 aliphatic heterocycles. The van der Waals surface area contributed by atoms with Gasteiger partial charge in [0, 0.05) is 18.0 Å².